The number of nitrogens with one attached hydrogen (secondary N) is 2. The highest BCUT2D eigenvalue weighted by atomic mass is 16.5. The van der Waals surface area contributed by atoms with Gasteiger partial charge in [-0.2, -0.15) is 0 Å². The van der Waals surface area contributed by atoms with Crippen molar-refractivity contribution in [2.75, 3.05) is 31.2 Å². The first-order valence-corrected chi connectivity index (χ1v) is 8.88. The smallest absolute Gasteiger partial charge is 0.261 e. The summed E-state index contributed by atoms with van der Waals surface area (Å²) < 4.78 is 5.34. The lowest BCUT2D eigenvalue weighted by Gasteiger charge is -2.27. The standard InChI is InChI=1S/C20H20N4O3/c25-19(16-11-15-3-1-2-4-17(15)23-20(16)26)22-13-14-5-6-18(21-12-14)24-7-9-27-10-8-24/h1-6,11-12H,7-10,13H2,(H,22,25)(H,23,26). The lowest BCUT2D eigenvalue weighted by molar-refractivity contribution is 0.0949. The number of rotatable bonds is 4. The number of aromatic amines is 1. The quantitative estimate of drug-likeness (QED) is 0.736. The monoisotopic (exact) mass is 364 g/mol. The van der Waals surface area contributed by atoms with Crippen LogP contribution in [0.4, 0.5) is 5.82 Å². The van der Waals surface area contributed by atoms with Gasteiger partial charge in [-0.05, 0) is 29.1 Å². The molecule has 1 aliphatic heterocycles. The molecule has 7 heteroatoms. The maximum absolute atomic E-state index is 12.4. The molecule has 1 amide bonds. The summed E-state index contributed by atoms with van der Waals surface area (Å²) in [5.41, 5.74) is 1.29. The van der Waals surface area contributed by atoms with Crippen LogP contribution >= 0.6 is 0 Å². The zero-order chi connectivity index (χ0) is 18.6. The van der Waals surface area contributed by atoms with Crippen molar-refractivity contribution in [2.45, 2.75) is 6.54 Å². The van der Waals surface area contributed by atoms with Crippen LogP contribution in [-0.2, 0) is 11.3 Å². The molecule has 0 saturated carbocycles. The van der Waals surface area contributed by atoms with E-state index < -0.39 is 11.5 Å². The van der Waals surface area contributed by atoms with Crippen molar-refractivity contribution in [2.24, 2.45) is 0 Å². The number of H-pyrrole nitrogens is 1. The lowest BCUT2D eigenvalue weighted by atomic mass is 10.1. The van der Waals surface area contributed by atoms with Crippen LogP contribution in [0, 0.1) is 0 Å². The average molecular weight is 364 g/mol. The van der Waals surface area contributed by atoms with Crippen LogP contribution in [0.1, 0.15) is 15.9 Å². The van der Waals surface area contributed by atoms with Crippen LogP contribution in [0.15, 0.2) is 53.5 Å². The minimum absolute atomic E-state index is 0.103. The first-order chi connectivity index (χ1) is 13.2. The molecule has 2 N–H and O–H groups in total. The zero-order valence-electron chi connectivity index (χ0n) is 14.8. The van der Waals surface area contributed by atoms with E-state index in [-0.39, 0.29) is 5.56 Å². The van der Waals surface area contributed by atoms with Gasteiger partial charge in [-0.3, -0.25) is 9.59 Å². The minimum atomic E-state index is -0.403. The van der Waals surface area contributed by atoms with Gasteiger partial charge in [0.15, 0.2) is 0 Å². The Labute approximate surface area is 156 Å². The Morgan fingerprint density at radius 1 is 1.19 bits per heavy atom. The highest BCUT2D eigenvalue weighted by Crippen LogP contribution is 2.13. The van der Waals surface area contributed by atoms with E-state index in [9.17, 15) is 9.59 Å². The van der Waals surface area contributed by atoms with E-state index in [2.05, 4.69) is 20.2 Å². The fourth-order valence-corrected chi connectivity index (χ4v) is 3.09. The number of fused-ring (bicyclic) bond motifs is 1. The second kappa shape index (κ2) is 7.59. The number of nitrogens with zero attached hydrogens (tertiary/aromatic N) is 2. The first kappa shape index (κ1) is 17.2. The second-order valence-electron chi connectivity index (χ2n) is 6.41. The Morgan fingerprint density at radius 3 is 2.78 bits per heavy atom. The van der Waals surface area contributed by atoms with Crippen LogP contribution in [-0.4, -0.2) is 42.2 Å². The molecule has 7 nitrogen and oxygen atoms in total. The van der Waals surface area contributed by atoms with E-state index in [1.165, 1.54) is 0 Å². The average Bonchev–Trinajstić information content (AvgIpc) is 2.72. The van der Waals surface area contributed by atoms with Gasteiger partial charge in [0.05, 0.1) is 13.2 Å². The maximum Gasteiger partial charge on any atom is 0.261 e. The van der Waals surface area contributed by atoms with E-state index in [1.54, 1.807) is 18.3 Å². The molecule has 0 radical (unpaired) electrons. The molecule has 0 unspecified atom stereocenters. The molecule has 2 aromatic heterocycles. The molecule has 27 heavy (non-hydrogen) atoms. The van der Waals surface area contributed by atoms with Crippen molar-refractivity contribution in [1.29, 1.82) is 0 Å². The van der Waals surface area contributed by atoms with Crippen LogP contribution in [0.5, 0.6) is 0 Å². The number of pyridine rings is 2. The molecule has 4 rings (SSSR count). The molecule has 3 heterocycles. The van der Waals surface area contributed by atoms with Gasteiger partial charge in [0.1, 0.15) is 11.4 Å². The third kappa shape index (κ3) is 3.83. The molecular formula is C20H20N4O3. The van der Waals surface area contributed by atoms with Crippen LogP contribution in [0.2, 0.25) is 0 Å². The fraction of sp³-hybridized carbons (Fsp3) is 0.250. The number of morpholine rings is 1. The third-order valence-corrected chi connectivity index (χ3v) is 4.60. The van der Waals surface area contributed by atoms with Gasteiger partial charge in [0.25, 0.3) is 11.5 Å². The van der Waals surface area contributed by atoms with Crippen molar-refractivity contribution in [3.63, 3.8) is 0 Å². The topological polar surface area (TPSA) is 87.3 Å². The van der Waals surface area contributed by atoms with Crippen molar-refractivity contribution in [1.82, 2.24) is 15.3 Å². The molecule has 0 spiro atoms. The van der Waals surface area contributed by atoms with E-state index in [1.807, 2.05) is 30.3 Å². The van der Waals surface area contributed by atoms with E-state index in [0.717, 1.165) is 29.9 Å². The van der Waals surface area contributed by atoms with Gasteiger partial charge in [-0.15, -0.1) is 0 Å². The third-order valence-electron chi connectivity index (χ3n) is 4.60. The SMILES string of the molecule is O=C(NCc1ccc(N2CCOCC2)nc1)c1cc2ccccc2[nH]c1=O. The highest BCUT2D eigenvalue weighted by molar-refractivity contribution is 5.97. The van der Waals surface area contributed by atoms with Crippen molar-refractivity contribution in [3.05, 3.63) is 70.1 Å². The van der Waals surface area contributed by atoms with Crippen molar-refractivity contribution >= 4 is 22.6 Å². The minimum Gasteiger partial charge on any atom is -0.378 e. The van der Waals surface area contributed by atoms with Gasteiger partial charge < -0.3 is 19.9 Å². The number of hydrogen-bond acceptors (Lipinski definition) is 5. The Bertz CT molecular complexity index is 1010. The second-order valence-corrected chi connectivity index (χ2v) is 6.41. The highest BCUT2D eigenvalue weighted by Gasteiger charge is 2.13. The lowest BCUT2D eigenvalue weighted by Crippen LogP contribution is -2.36. The molecule has 0 aliphatic carbocycles. The zero-order valence-corrected chi connectivity index (χ0v) is 14.8. The number of ether oxygens (including phenoxy) is 1. The normalized spacial score (nSPS) is 14.3. The Morgan fingerprint density at radius 2 is 2.00 bits per heavy atom. The summed E-state index contributed by atoms with van der Waals surface area (Å²) >= 11 is 0. The van der Waals surface area contributed by atoms with E-state index in [4.69, 9.17) is 4.74 Å². The molecule has 1 saturated heterocycles. The Balaban J connectivity index is 1.43. The molecule has 0 bridgehead atoms. The van der Waals surface area contributed by atoms with Gasteiger partial charge in [0.2, 0.25) is 0 Å². The summed E-state index contributed by atoms with van der Waals surface area (Å²) in [6.45, 7) is 3.38. The number of carbonyl (C=O) groups excluding carboxylic acids is 1. The molecule has 1 aromatic carbocycles. The van der Waals surface area contributed by atoms with Crippen LogP contribution in [0.3, 0.4) is 0 Å². The van der Waals surface area contributed by atoms with Gasteiger partial charge in [-0.1, -0.05) is 24.3 Å². The summed E-state index contributed by atoms with van der Waals surface area (Å²) in [6.07, 6.45) is 1.75. The Kier molecular flexibility index (Phi) is 4.84. The molecule has 3 aromatic rings. The summed E-state index contributed by atoms with van der Waals surface area (Å²) in [6, 6.07) is 12.9. The number of amides is 1. The first-order valence-electron chi connectivity index (χ1n) is 8.88. The van der Waals surface area contributed by atoms with Gasteiger partial charge in [0, 0.05) is 31.3 Å². The predicted octanol–water partition coefficient (Wildman–Crippen LogP) is 1.69. The predicted molar refractivity (Wildman–Crippen MR) is 103 cm³/mol. The molecule has 0 atom stereocenters. The van der Waals surface area contributed by atoms with Crippen LogP contribution in [0.25, 0.3) is 10.9 Å². The van der Waals surface area contributed by atoms with Crippen molar-refractivity contribution in [3.8, 4) is 0 Å². The molecule has 1 aliphatic rings. The van der Waals surface area contributed by atoms with Crippen molar-refractivity contribution < 1.29 is 9.53 Å². The number of benzene rings is 1. The number of hydrogen-bond donors (Lipinski definition) is 2. The van der Waals surface area contributed by atoms with E-state index in [0.29, 0.717) is 25.3 Å². The summed E-state index contributed by atoms with van der Waals surface area (Å²) in [4.78, 5) is 34.0. The Hall–Kier alpha value is -3.19. The van der Waals surface area contributed by atoms with E-state index >= 15 is 0 Å². The summed E-state index contributed by atoms with van der Waals surface area (Å²) in [5, 5.41) is 3.61. The summed E-state index contributed by atoms with van der Waals surface area (Å²) in [7, 11) is 0. The maximum atomic E-state index is 12.4. The van der Waals surface area contributed by atoms with Gasteiger partial charge in [-0.25, -0.2) is 4.98 Å². The molecular weight excluding hydrogens is 344 g/mol. The van der Waals surface area contributed by atoms with Gasteiger partial charge >= 0.3 is 0 Å². The number of carbonyl (C=O) groups is 1. The number of para-hydroxylation sites is 1. The number of aromatic nitrogens is 2. The largest absolute Gasteiger partial charge is 0.378 e. The molecule has 138 valence electrons. The molecule has 1 fully saturated rings. The summed E-state index contributed by atoms with van der Waals surface area (Å²) in [5.74, 6) is 0.499. The fourth-order valence-electron chi connectivity index (χ4n) is 3.09. The van der Waals surface area contributed by atoms with Crippen LogP contribution < -0.4 is 15.8 Å². The number of anilines is 1.